The van der Waals surface area contributed by atoms with Crippen LogP contribution < -0.4 is 10.2 Å². The molecule has 0 bridgehead atoms. The number of anilines is 2. The minimum Gasteiger partial charge on any atom is -0.385 e. The number of rotatable bonds is 6. The number of benzene rings is 2. The van der Waals surface area contributed by atoms with Crippen molar-refractivity contribution in [2.45, 2.75) is 25.7 Å². The van der Waals surface area contributed by atoms with Gasteiger partial charge in [0.25, 0.3) is 0 Å². The molecule has 0 aliphatic carbocycles. The monoisotopic (exact) mass is 280 g/mol. The zero-order chi connectivity index (χ0) is 14.3. The van der Waals surface area contributed by atoms with E-state index in [1.165, 1.54) is 42.9 Å². The van der Waals surface area contributed by atoms with Crippen molar-refractivity contribution in [2.24, 2.45) is 0 Å². The van der Waals surface area contributed by atoms with Gasteiger partial charge in [-0.05, 0) is 55.5 Å². The van der Waals surface area contributed by atoms with Crippen molar-refractivity contribution in [2.75, 3.05) is 29.9 Å². The van der Waals surface area contributed by atoms with Gasteiger partial charge in [-0.3, -0.25) is 0 Å². The highest BCUT2D eigenvalue weighted by Crippen LogP contribution is 2.22. The second kappa shape index (κ2) is 7.16. The van der Waals surface area contributed by atoms with Gasteiger partial charge in [0.2, 0.25) is 0 Å². The Morgan fingerprint density at radius 3 is 2.29 bits per heavy atom. The summed E-state index contributed by atoms with van der Waals surface area (Å²) in [6.45, 7) is 3.45. The number of nitrogens with one attached hydrogen (secondary N) is 1. The second-order valence-corrected chi connectivity index (χ2v) is 5.76. The van der Waals surface area contributed by atoms with Gasteiger partial charge in [0.15, 0.2) is 0 Å². The molecule has 0 amide bonds. The first kappa shape index (κ1) is 14.0. The molecule has 3 rings (SSSR count). The number of nitrogens with zero attached hydrogens (tertiary/aromatic N) is 1. The highest BCUT2D eigenvalue weighted by Gasteiger charge is 2.11. The Kier molecular flexibility index (Phi) is 4.78. The highest BCUT2D eigenvalue weighted by molar-refractivity contribution is 5.55. The third kappa shape index (κ3) is 4.01. The lowest BCUT2D eigenvalue weighted by atomic mass is 10.1. The van der Waals surface area contributed by atoms with E-state index in [1.807, 2.05) is 0 Å². The summed E-state index contributed by atoms with van der Waals surface area (Å²) in [7, 11) is 0. The first-order valence-corrected chi connectivity index (χ1v) is 8.05. The van der Waals surface area contributed by atoms with Crippen molar-refractivity contribution in [1.82, 2.24) is 0 Å². The Labute approximate surface area is 127 Å². The minimum absolute atomic E-state index is 1.03. The lowest BCUT2D eigenvalue weighted by Crippen LogP contribution is -2.17. The minimum atomic E-state index is 1.03. The van der Waals surface area contributed by atoms with E-state index in [4.69, 9.17) is 0 Å². The first-order chi connectivity index (χ1) is 10.4. The van der Waals surface area contributed by atoms with Crippen LogP contribution in [0.3, 0.4) is 0 Å². The van der Waals surface area contributed by atoms with Crippen molar-refractivity contribution in [3.05, 3.63) is 60.2 Å². The number of aryl methyl sites for hydroxylation is 1. The molecule has 110 valence electrons. The first-order valence-electron chi connectivity index (χ1n) is 8.05. The standard InChI is InChI=1S/C19H24N2/c1-2-7-17(8-3-1)9-6-14-20-18-10-12-19(13-11-18)21-15-4-5-16-21/h1-3,7-8,10-13,20H,4-6,9,14-16H2. The Bertz CT molecular complexity index is 527. The normalized spacial score (nSPS) is 14.4. The largest absolute Gasteiger partial charge is 0.385 e. The Morgan fingerprint density at radius 1 is 0.857 bits per heavy atom. The van der Waals surface area contributed by atoms with Crippen molar-refractivity contribution in [1.29, 1.82) is 0 Å². The summed E-state index contributed by atoms with van der Waals surface area (Å²) in [5, 5.41) is 3.51. The summed E-state index contributed by atoms with van der Waals surface area (Å²) in [6, 6.07) is 19.6. The predicted molar refractivity (Wildman–Crippen MR) is 91.1 cm³/mol. The average Bonchev–Trinajstić information content (AvgIpc) is 3.08. The van der Waals surface area contributed by atoms with Gasteiger partial charge in [-0.1, -0.05) is 30.3 Å². The van der Waals surface area contributed by atoms with E-state index in [1.54, 1.807) is 0 Å². The molecule has 2 aromatic rings. The van der Waals surface area contributed by atoms with Crippen LogP contribution in [0, 0.1) is 0 Å². The van der Waals surface area contributed by atoms with Crippen LogP contribution in [-0.4, -0.2) is 19.6 Å². The van der Waals surface area contributed by atoms with Crippen LogP contribution in [0.1, 0.15) is 24.8 Å². The van der Waals surface area contributed by atoms with Crippen molar-refractivity contribution < 1.29 is 0 Å². The molecule has 2 nitrogen and oxygen atoms in total. The van der Waals surface area contributed by atoms with Gasteiger partial charge in [-0.2, -0.15) is 0 Å². The fourth-order valence-corrected chi connectivity index (χ4v) is 2.94. The summed E-state index contributed by atoms with van der Waals surface area (Å²) in [5.74, 6) is 0. The second-order valence-electron chi connectivity index (χ2n) is 5.76. The zero-order valence-corrected chi connectivity index (χ0v) is 12.6. The van der Waals surface area contributed by atoms with Crippen LogP contribution in [0.15, 0.2) is 54.6 Å². The van der Waals surface area contributed by atoms with Gasteiger partial charge in [0.05, 0.1) is 0 Å². The maximum absolute atomic E-state index is 3.51. The fourth-order valence-electron chi connectivity index (χ4n) is 2.94. The molecule has 1 aliphatic rings. The molecule has 0 radical (unpaired) electrons. The van der Waals surface area contributed by atoms with E-state index in [-0.39, 0.29) is 0 Å². The highest BCUT2D eigenvalue weighted by atomic mass is 15.1. The number of hydrogen-bond acceptors (Lipinski definition) is 2. The van der Waals surface area contributed by atoms with Crippen LogP contribution >= 0.6 is 0 Å². The summed E-state index contributed by atoms with van der Waals surface area (Å²) in [5.41, 5.74) is 4.01. The van der Waals surface area contributed by atoms with Crippen molar-refractivity contribution in [3.63, 3.8) is 0 Å². The lowest BCUT2D eigenvalue weighted by Gasteiger charge is -2.18. The molecule has 2 aromatic carbocycles. The van der Waals surface area contributed by atoms with E-state index in [2.05, 4.69) is 64.8 Å². The lowest BCUT2D eigenvalue weighted by molar-refractivity contribution is 0.863. The topological polar surface area (TPSA) is 15.3 Å². The molecule has 2 heteroatoms. The molecule has 1 saturated heterocycles. The van der Waals surface area contributed by atoms with Crippen molar-refractivity contribution in [3.8, 4) is 0 Å². The van der Waals surface area contributed by atoms with Crippen LogP contribution in [0.2, 0.25) is 0 Å². The molecule has 0 aromatic heterocycles. The molecule has 0 saturated carbocycles. The van der Waals surface area contributed by atoms with Crippen LogP contribution in [-0.2, 0) is 6.42 Å². The Morgan fingerprint density at radius 2 is 1.57 bits per heavy atom. The van der Waals surface area contributed by atoms with Crippen molar-refractivity contribution >= 4 is 11.4 Å². The maximum atomic E-state index is 3.51. The molecule has 21 heavy (non-hydrogen) atoms. The van der Waals surface area contributed by atoms with Gasteiger partial charge >= 0.3 is 0 Å². The molecule has 0 spiro atoms. The summed E-state index contributed by atoms with van der Waals surface area (Å²) < 4.78 is 0. The summed E-state index contributed by atoms with van der Waals surface area (Å²) >= 11 is 0. The van der Waals surface area contributed by atoms with Gasteiger partial charge in [-0.15, -0.1) is 0 Å². The predicted octanol–water partition coefficient (Wildman–Crippen LogP) is 4.33. The Balaban J connectivity index is 1.43. The summed E-state index contributed by atoms with van der Waals surface area (Å²) in [6.07, 6.45) is 4.97. The number of hydrogen-bond donors (Lipinski definition) is 1. The molecule has 0 unspecified atom stereocenters. The quantitative estimate of drug-likeness (QED) is 0.792. The zero-order valence-electron chi connectivity index (χ0n) is 12.6. The van der Waals surface area contributed by atoms with E-state index >= 15 is 0 Å². The van der Waals surface area contributed by atoms with E-state index in [0.29, 0.717) is 0 Å². The summed E-state index contributed by atoms with van der Waals surface area (Å²) in [4.78, 5) is 2.47. The molecular weight excluding hydrogens is 256 g/mol. The SMILES string of the molecule is c1ccc(CCCNc2ccc(N3CCCC3)cc2)cc1. The fraction of sp³-hybridized carbons (Fsp3) is 0.368. The average molecular weight is 280 g/mol. The van der Waals surface area contributed by atoms with Crippen LogP contribution in [0.5, 0.6) is 0 Å². The maximum Gasteiger partial charge on any atom is 0.0367 e. The molecule has 1 heterocycles. The van der Waals surface area contributed by atoms with E-state index in [9.17, 15) is 0 Å². The molecule has 1 N–H and O–H groups in total. The Hall–Kier alpha value is -1.96. The third-order valence-electron chi connectivity index (χ3n) is 4.15. The molecule has 1 aliphatic heterocycles. The molecular formula is C19H24N2. The van der Waals surface area contributed by atoms with Crippen LogP contribution in [0.25, 0.3) is 0 Å². The third-order valence-corrected chi connectivity index (χ3v) is 4.15. The van der Waals surface area contributed by atoms with Gasteiger partial charge in [0.1, 0.15) is 0 Å². The van der Waals surface area contributed by atoms with Crippen LogP contribution in [0.4, 0.5) is 11.4 Å². The molecule has 0 atom stereocenters. The smallest absolute Gasteiger partial charge is 0.0367 e. The van der Waals surface area contributed by atoms with Gasteiger partial charge in [-0.25, -0.2) is 0 Å². The van der Waals surface area contributed by atoms with E-state index < -0.39 is 0 Å². The molecule has 1 fully saturated rings. The van der Waals surface area contributed by atoms with E-state index in [0.717, 1.165) is 19.4 Å². The van der Waals surface area contributed by atoms with Gasteiger partial charge in [0, 0.05) is 31.0 Å². The van der Waals surface area contributed by atoms with Gasteiger partial charge < -0.3 is 10.2 Å².